The van der Waals surface area contributed by atoms with E-state index in [0.717, 1.165) is 39.0 Å². The lowest BCUT2D eigenvalue weighted by Crippen LogP contribution is -2.49. The summed E-state index contributed by atoms with van der Waals surface area (Å²) >= 11 is 0. The van der Waals surface area contributed by atoms with Gasteiger partial charge >= 0.3 is 0 Å². The average molecular weight is 353 g/mol. The quantitative estimate of drug-likeness (QED) is 0.880. The van der Waals surface area contributed by atoms with E-state index in [2.05, 4.69) is 17.3 Å². The van der Waals surface area contributed by atoms with Crippen molar-refractivity contribution in [2.75, 3.05) is 33.1 Å². The van der Waals surface area contributed by atoms with E-state index in [4.69, 9.17) is 4.74 Å². The summed E-state index contributed by atoms with van der Waals surface area (Å²) in [6.45, 7) is 2.84. The fourth-order valence-electron chi connectivity index (χ4n) is 3.73. The molecule has 1 aromatic rings. The summed E-state index contributed by atoms with van der Waals surface area (Å²) in [6, 6.07) is 7.62. The molecule has 1 N–H and O–H groups in total. The molecule has 2 saturated heterocycles. The molecule has 0 aliphatic carbocycles. The molecule has 0 bridgehead atoms. The van der Waals surface area contributed by atoms with Crippen LogP contribution in [-0.4, -0.2) is 52.5 Å². The first-order valence-electron chi connectivity index (χ1n) is 8.77. The van der Waals surface area contributed by atoms with Gasteiger partial charge in [0.25, 0.3) is 0 Å². The summed E-state index contributed by atoms with van der Waals surface area (Å²) in [6.07, 6.45) is 6.21. The zero-order chi connectivity index (χ0) is 17.2. The topological polar surface area (TPSA) is 58.6 Å². The van der Waals surface area contributed by atoms with Crippen molar-refractivity contribution in [1.82, 2.24) is 10.2 Å². The Morgan fingerprint density at radius 1 is 1.21 bits per heavy atom. The predicted molar refractivity (Wildman–Crippen MR) is 94.6 cm³/mol. The number of benzene rings is 1. The van der Waals surface area contributed by atoms with Crippen molar-refractivity contribution >= 4 is 9.84 Å². The number of piperidine rings is 1. The molecule has 24 heavy (non-hydrogen) atoms. The van der Waals surface area contributed by atoms with Gasteiger partial charge in [-0.3, -0.25) is 10.2 Å². The summed E-state index contributed by atoms with van der Waals surface area (Å²) < 4.78 is 28.7. The van der Waals surface area contributed by atoms with Gasteiger partial charge in [-0.15, -0.1) is 0 Å². The summed E-state index contributed by atoms with van der Waals surface area (Å²) in [7, 11) is -0.943. The fraction of sp³-hybridized carbons (Fsp3) is 0.667. The Bertz CT molecular complexity index is 639. The first-order chi connectivity index (χ1) is 11.4. The number of hydrogen-bond donors (Lipinski definition) is 1. The lowest BCUT2D eigenvalue weighted by molar-refractivity contribution is 0.117. The molecule has 1 aromatic carbocycles. The molecule has 0 radical (unpaired) electrons. The smallest absolute Gasteiger partial charge is 0.175 e. The third-order valence-corrected chi connectivity index (χ3v) is 6.31. The van der Waals surface area contributed by atoms with Crippen molar-refractivity contribution in [1.29, 1.82) is 0 Å². The highest BCUT2D eigenvalue weighted by Gasteiger charge is 2.27. The Labute approximate surface area is 145 Å². The molecule has 6 heteroatoms. The van der Waals surface area contributed by atoms with Crippen LogP contribution in [0.3, 0.4) is 0 Å². The van der Waals surface area contributed by atoms with Crippen molar-refractivity contribution < 1.29 is 13.2 Å². The minimum Gasteiger partial charge on any atom is -0.381 e. The summed E-state index contributed by atoms with van der Waals surface area (Å²) in [5, 5.41) is 3.74. The second-order valence-corrected chi connectivity index (χ2v) is 9.19. The van der Waals surface area contributed by atoms with E-state index in [-0.39, 0.29) is 0 Å². The van der Waals surface area contributed by atoms with Crippen LogP contribution in [0.2, 0.25) is 0 Å². The van der Waals surface area contributed by atoms with Gasteiger partial charge in [0.2, 0.25) is 0 Å². The minimum atomic E-state index is -3.13. The second kappa shape index (κ2) is 7.52. The lowest BCUT2D eigenvalue weighted by Gasteiger charge is -2.38. The third kappa shape index (κ3) is 4.36. The van der Waals surface area contributed by atoms with Gasteiger partial charge < -0.3 is 4.74 Å². The van der Waals surface area contributed by atoms with E-state index < -0.39 is 9.84 Å². The first-order valence-corrected chi connectivity index (χ1v) is 10.7. The maximum atomic E-state index is 11.6. The van der Waals surface area contributed by atoms with Crippen molar-refractivity contribution in [3.8, 4) is 0 Å². The highest BCUT2D eigenvalue weighted by atomic mass is 32.2. The number of sulfone groups is 1. The number of rotatable bonds is 5. The molecule has 5 nitrogen and oxygen atoms in total. The minimum absolute atomic E-state index is 0.291. The van der Waals surface area contributed by atoms with Crippen LogP contribution in [0.25, 0.3) is 0 Å². The van der Waals surface area contributed by atoms with Crippen LogP contribution in [-0.2, 0) is 14.6 Å². The highest BCUT2D eigenvalue weighted by molar-refractivity contribution is 7.90. The zero-order valence-corrected chi connectivity index (χ0v) is 15.4. The van der Waals surface area contributed by atoms with E-state index in [1.54, 1.807) is 12.1 Å². The van der Waals surface area contributed by atoms with Gasteiger partial charge in [0, 0.05) is 25.4 Å². The van der Waals surface area contributed by atoms with Gasteiger partial charge in [-0.05, 0) is 56.3 Å². The van der Waals surface area contributed by atoms with Crippen LogP contribution in [0.1, 0.15) is 37.3 Å². The average Bonchev–Trinajstić information content (AvgIpc) is 3.07. The van der Waals surface area contributed by atoms with Gasteiger partial charge in [0.1, 0.15) is 0 Å². The van der Waals surface area contributed by atoms with E-state index in [1.807, 2.05) is 12.1 Å². The molecule has 0 aromatic heterocycles. The van der Waals surface area contributed by atoms with Crippen LogP contribution >= 0.6 is 0 Å². The Hall–Kier alpha value is -0.950. The molecule has 2 fully saturated rings. The molecule has 0 spiro atoms. The maximum absolute atomic E-state index is 11.6. The molecule has 134 valence electrons. The van der Waals surface area contributed by atoms with Crippen LogP contribution < -0.4 is 5.32 Å². The van der Waals surface area contributed by atoms with Gasteiger partial charge in [-0.25, -0.2) is 8.42 Å². The zero-order valence-electron chi connectivity index (χ0n) is 14.6. The number of hydrogen-bond acceptors (Lipinski definition) is 5. The molecule has 3 unspecified atom stereocenters. The van der Waals surface area contributed by atoms with E-state index in [1.165, 1.54) is 18.2 Å². The number of nitrogens with one attached hydrogen (secondary N) is 1. The number of ether oxygens (including phenoxy) is 1. The Morgan fingerprint density at radius 2 is 1.96 bits per heavy atom. The van der Waals surface area contributed by atoms with Gasteiger partial charge in [-0.2, -0.15) is 0 Å². The Balaban J connectivity index is 1.62. The van der Waals surface area contributed by atoms with Crippen molar-refractivity contribution in [2.45, 2.75) is 42.8 Å². The molecule has 2 aliphatic heterocycles. The standard InChI is InChI=1S/C18H28N2O3S/c1-20(12-14-10-11-23-13-14)18-5-3-4-17(19-18)15-6-8-16(9-7-15)24(2,21)22/h6-9,14,17-19H,3-5,10-13H2,1-2H3. The SMILES string of the molecule is CN(CC1CCOC1)C1CCCC(c2ccc(S(C)(=O)=O)cc2)N1. The molecule has 0 amide bonds. The summed E-state index contributed by atoms with van der Waals surface area (Å²) in [4.78, 5) is 2.80. The lowest BCUT2D eigenvalue weighted by atomic mass is 9.95. The molecule has 2 heterocycles. The van der Waals surface area contributed by atoms with Gasteiger partial charge in [0.05, 0.1) is 17.7 Å². The monoisotopic (exact) mass is 352 g/mol. The fourth-order valence-corrected chi connectivity index (χ4v) is 4.36. The number of nitrogens with zero attached hydrogens (tertiary/aromatic N) is 1. The van der Waals surface area contributed by atoms with Crippen molar-refractivity contribution in [3.05, 3.63) is 29.8 Å². The highest BCUT2D eigenvalue weighted by Crippen LogP contribution is 2.28. The molecule has 0 saturated carbocycles. The van der Waals surface area contributed by atoms with Crippen LogP contribution in [0.5, 0.6) is 0 Å². The van der Waals surface area contributed by atoms with Crippen LogP contribution in [0.4, 0.5) is 0 Å². The largest absolute Gasteiger partial charge is 0.381 e. The van der Waals surface area contributed by atoms with Gasteiger partial charge in [-0.1, -0.05) is 12.1 Å². The molecule has 3 rings (SSSR count). The summed E-state index contributed by atoms with van der Waals surface area (Å²) in [5.41, 5.74) is 1.17. The van der Waals surface area contributed by atoms with E-state index in [9.17, 15) is 8.42 Å². The molecular weight excluding hydrogens is 324 g/mol. The van der Waals surface area contributed by atoms with Gasteiger partial charge in [0.15, 0.2) is 9.84 Å². The first kappa shape index (κ1) is 17.9. The van der Waals surface area contributed by atoms with Crippen LogP contribution in [0, 0.1) is 5.92 Å². The van der Waals surface area contributed by atoms with E-state index >= 15 is 0 Å². The molecular formula is C18H28N2O3S. The van der Waals surface area contributed by atoms with Crippen molar-refractivity contribution in [2.24, 2.45) is 5.92 Å². The normalized spacial score (nSPS) is 28.4. The third-order valence-electron chi connectivity index (χ3n) is 5.18. The Morgan fingerprint density at radius 3 is 2.58 bits per heavy atom. The second-order valence-electron chi connectivity index (χ2n) is 7.18. The predicted octanol–water partition coefficient (Wildman–Crippen LogP) is 2.20. The molecule has 3 atom stereocenters. The summed E-state index contributed by atoms with van der Waals surface area (Å²) in [5.74, 6) is 0.645. The molecule has 2 aliphatic rings. The van der Waals surface area contributed by atoms with E-state index in [0.29, 0.717) is 23.0 Å². The van der Waals surface area contributed by atoms with Crippen LogP contribution in [0.15, 0.2) is 29.2 Å². The maximum Gasteiger partial charge on any atom is 0.175 e. The Kier molecular flexibility index (Phi) is 5.59. The van der Waals surface area contributed by atoms with Crippen molar-refractivity contribution in [3.63, 3.8) is 0 Å².